The van der Waals surface area contributed by atoms with Crippen molar-refractivity contribution in [2.45, 2.75) is 59.7 Å². The summed E-state index contributed by atoms with van der Waals surface area (Å²) in [6.07, 6.45) is 3.06. The highest BCUT2D eigenvalue weighted by Crippen LogP contribution is 2.34. The number of hydrogen-bond donors (Lipinski definition) is 2. The minimum absolute atomic E-state index is 0.0294. The molecule has 46 heavy (non-hydrogen) atoms. The van der Waals surface area contributed by atoms with Crippen LogP contribution in [0.5, 0.6) is 0 Å². The molecule has 2 saturated heterocycles. The lowest BCUT2D eigenvalue weighted by molar-refractivity contribution is -0.127. The molecule has 3 heterocycles. The van der Waals surface area contributed by atoms with Gasteiger partial charge < -0.3 is 24.8 Å². The molecule has 2 N–H and O–H groups in total. The third-order valence-electron chi connectivity index (χ3n) is 9.36. The van der Waals surface area contributed by atoms with Crippen LogP contribution in [0.2, 0.25) is 0 Å². The van der Waals surface area contributed by atoms with Gasteiger partial charge in [-0.05, 0) is 98.7 Å². The molecule has 0 bridgehead atoms. The van der Waals surface area contributed by atoms with Gasteiger partial charge in [-0.1, -0.05) is 24.8 Å². The Hall–Kier alpha value is -4.21. The number of benzene rings is 2. The van der Waals surface area contributed by atoms with Crippen LogP contribution in [0, 0.1) is 20.8 Å². The van der Waals surface area contributed by atoms with E-state index in [-0.39, 0.29) is 30.0 Å². The summed E-state index contributed by atoms with van der Waals surface area (Å²) < 4.78 is 5.54. The van der Waals surface area contributed by atoms with Crippen molar-refractivity contribution >= 4 is 17.5 Å². The number of carbonyl (C=O) groups excluding carboxylic acids is 2. The van der Waals surface area contributed by atoms with Crippen molar-refractivity contribution in [3.8, 4) is 11.1 Å². The van der Waals surface area contributed by atoms with E-state index in [1.54, 1.807) is 0 Å². The van der Waals surface area contributed by atoms with Crippen LogP contribution in [0.3, 0.4) is 0 Å². The zero-order chi connectivity index (χ0) is 32.8. The third kappa shape index (κ3) is 7.59. The lowest BCUT2D eigenvalue weighted by atomic mass is 9.94. The number of amides is 2. The zero-order valence-electron chi connectivity index (χ0n) is 27.7. The average molecular weight is 626 g/mol. The third-order valence-corrected chi connectivity index (χ3v) is 9.36. The van der Waals surface area contributed by atoms with Gasteiger partial charge in [0.25, 0.3) is 11.5 Å². The lowest BCUT2D eigenvalue weighted by Crippen LogP contribution is -2.46. The largest absolute Gasteiger partial charge is 0.379 e. The van der Waals surface area contributed by atoms with E-state index in [2.05, 4.69) is 63.9 Å². The number of likely N-dealkylation sites (tertiary alicyclic amines) is 1. The smallest absolute Gasteiger partial charge is 0.253 e. The second-order valence-corrected chi connectivity index (χ2v) is 12.4. The quantitative estimate of drug-likeness (QED) is 0.316. The van der Waals surface area contributed by atoms with Gasteiger partial charge in [-0.15, -0.1) is 0 Å². The number of aryl methyl sites for hydroxylation is 2. The Labute approximate surface area is 272 Å². The topological polar surface area (TPSA) is 98.0 Å². The van der Waals surface area contributed by atoms with Gasteiger partial charge in [-0.2, -0.15) is 0 Å². The number of ether oxygens (including phenoxy) is 1. The summed E-state index contributed by atoms with van der Waals surface area (Å²) in [6.45, 7) is 18.0. The molecule has 0 unspecified atom stereocenters. The fraction of sp³-hybridized carbons (Fsp3) is 0.432. The van der Waals surface area contributed by atoms with Crippen LogP contribution in [0.15, 0.2) is 59.9 Å². The molecule has 2 fully saturated rings. The lowest BCUT2D eigenvalue weighted by Gasteiger charge is -2.40. The molecule has 0 atom stereocenters. The number of pyridine rings is 1. The number of hydrogen-bond acceptors (Lipinski definition) is 6. The minimum Gasteiger partial charge on any atom is -0.379 e. The highest BCUT2D eigenvalue weighted by Gasteiger charge is 2.28. The van der Waals surface area contributed by atoms with Crippen molar-refractivity contribution in [2.24, 2.45) is 0 Å². The molecule has 0 aliphatic carbocycles. The predicted molar refractivity (Wildman–Crippen MR) is 183 cm³/mol. The van der Waals surface area contributed by atoms with Crippen molar-refractivity contribution < 1.29 is 14.3 Å². The molecule has 1 aromatic heterocycles. The molecule has 0 spiro atoms. The molecule has 3 aromatic rings. The maximum Gasteiger partial charge on any atom is 0.253 e. The van der Waals surface area contributed by atoms with Crippen LogP contribution < -0.4 is 15.8 Å². The Kier molecular flexibility index (Phi) is 10.8. The summed E-state index contributed by atoms with van der Waals surface area (Å²) in [4.78, 5) is 48.3. The fourth-order valence-corrected chi connectivity index (χ4v) is 6.78. The molecule has 2 amide bonds. The first-order valence-electron chi connectivity index (χ1n) is 16.4. The number of rotatable bonds is 10. The van der Waals surface area contributed by atoms with Gasteiger partial charge in [-0.25, -0.2) is 0 Å². The maximum absolute atomic E-state index is 13.9. The first-order chi connectivity index (χ1) is 22.2. The van der Waals surface area contributed by atoms with Gasteiger partial charge in [0.2, 0.25) is 5.91 Å². The van der Waals surface area contributed by atoms with E-state index in [4.69, 9.17) is 4.74 Å². The monoisotopic (exact) mass is 625 g/mol. The number of morpholine rings is 1. The van der Waals surface area contributed by atoms with Crippen molar-refractivity contribution in [1.82, 2.24) is 20.1 Å². The van der Waals surface area contributed by atoms with Gasteiger partial charge in [0.05, 0.1) is 13.2 Å². The van der Waals surface area contributed by atoms with Crippen molar-refractivity contribution in [1.29, 1.82) is 0 Å². The normalized spacial score (nSPS) is 15.9. The van der Waals surface area contributed by atoms with Gasteiger partial charge in [0.15, 0.2) is 0 Å². The zero-order valence-corrected chi connectivity index (χ0v) is 27.7. The van der Waals surface area contributed by atoms with E-state index >= 15 is 0 Å². The highest BCUT2D eigenvalue weighted by molar-refractivity contribution is 5.99. The number of nitrogens with one attached hydrogen (secondary N) is 2. The summed E-state index contributed by atoms with van der Waals surface area (Å²) in [7, 11) is 0. The van der Waals surface area contributed by atoms with E-state index in [1.807, 2.05) is 37.8 Å². The van der Waals surface area contributed by atoms with Crippen molar-refractivity contribution in [2.75, 3.05) is 50.8 Å². The minimum atomic E-state index is -0.216. The number of anilines is 1. The van der Waals surface area contributed by atoms with Crippen LogP contribution >= 0.6 is 0 Å². The standard InChI is InChI=1S/C37H47N5O4/c1-6-35(43)41-13-11-31(12-14-41)42(7-2)34-22-30(29-10-8-9-28(20-29)24-40-15-17-46-18-16-40)21-32(27(34)5)36(44)38-23-33-25(3)19-26(4)39-37(33)45/h6,8-10,19-22,31H,1,7,11-18,23-24H2,2-5H3,(H,38,44)(H,39,45). The van der Waals surface area contributed by atoms with E-state index in [1.165, 1.54) is 11.6 Å². The van der Waals surface area contributed by atoms with E-state index in [9.17, 15) is 14.4 Å². The predicted octanol–water partition coefficient (Wildman–Crippen LogP) is 4.73. The van der Waals surface area contributed by atoms with Gasteiger partial charge in [0, 0.05) is 74.4 Å². The molecule has 2 aromatic carbocycles. The average Bonchev–Trinajstić information content (AvgIpc) is 3.05. The van der Waals surface area contributed by atoms with E-state index in [0.717, 1.165) is 85.9 Å². The van der Waals surface area contributed by atoms with E-state index < -0.39 is 0 Å². The van der Waals surface area contributed by atoms with Gasteiger partial charge in [-0.3, -0.25) is 19.3 Å². The first-order valence-corrected chi connectivity index (χ1v) is 16.4. The summed E-state index contributed by atoms with van der Waals surface area (Å²) in [5.74, 6) is -0.245. The second kappa shape index (κ2) is 14.9. The summed E-state index contributed by atoms with van der Waals surface area (Å²) in [6, 6.07) is 14.9. The molecular formula is C37H47N5O4. The molecule has 5 rings (SSSR count). The molecule has 9 nitrogen and oxygen atoms in total. The van der Waals surface area contributed by atoms with Crippen LogP contribution in [0.25, 0.3) is 11.1 Å². The van der Waals surface area contributed by atoms with Crippen molar-refractivity contribution in [3.05, 3.63) is 99.0 Å². The van der Waals surface area contributed by atoms with Crippen LogP contribution in [-0.4, -0.2) is 78.6 Å². The molecular weight excluding hydrogens is 578 g/mol. The molecule has 0 saturated carbocycles. The summed E-state index contributed by atoms with van der Waals surface area (Å²) >= 11 is 0. The Bertz CT molecular complexity index is 1630. The van der Waals surface area contributed by atoms with Crippen molar-refractivity contribution in [3.63, 3.8) is 0 Å². The number of aromatic nitrogens is 1. The Balaban J connectivity index is 1.49. The second-order valence-electron chi connectivity index (χ2n) is 12.4. The molecule has 2 aliphatic heterocycles. The molecule has 9 heteroatoms. The SMILES string of the molecule is C=CC(=O)N1CCC(N(CC)c2cc(-c3cccc(CN4CCOCC4)c3)cc(C(=O)NCc3c(C)cc(C)[nH]c3=O)c2C)CC1. The van der Waals surface area contributed by atoms with Crippen LogP contribution in [-0.2, 0) is 22.6 Å². The Morgan fingerprint density at radius 3 is 2.46 bits per heavy atom. The number of piperidine rings is 1. The summed E-state index contributed by atoms with van der Waals surface area (Å²) in [5.41, 5.74) is 7.75. The van der Waals surface area contributed by atoms with Crippen LogP contribution in [0.4, 0.5) is 5.69 Å². The molecule has 2 aliphatic rings. The van der Waals surface area contributed by atoms with Gasteiger partial charge >= 0.3 is 0 Å². The maximum atomic E-state index is 13.9. The van der Waals surface area contributed by atoms with Gasteiger partial charge in [0.1, 0.15) is 0 Å². The Morgan fingerprint density at radius 2 is 1.78 bits per heavy atom. The Morgan fingerprint density at radius 1 is 1.04 bits per heavy atom. The molecule has 0 radical (unpaired) electrons. The number of aromatic amines is 1. The molecule has 244 valence electrons. The van der Waals surface area contributed by atoms with Crippen LogP contribution in [0.1, 0.15) is 58.1 Å². The number of carbonyl (C=O) groups is 2. The fourth-order valence-electron chi connectivity index (χ4n) is 6.78. The number of nitrogens with zero attached hydrogens (tertiary/aromatic N) is 3. The van der Waals surface area contributed by atoms with E-state index in [0.29, 0.717) is 24.2 Å². The highest BCUT2D eigenvalue weighted by atomic mass is 16.5. The summed E-state index contributed by atoms with van der Waals surface area (Å²) in [5, 5.41) is 3.04. The number of H-pyrrole nitrogens is 1. The first kappa shape index (κ1) is 33.2.